The molecule has 1 aromatic rings. The third-order valence-electron chi connectivity index (χ3n) is 1.58. The SMILES string of the molecule is FC(F)(F)c1nnnc(C(F)(F)F)c1C(F)(F)F. The molecule has 3 nitrogen and oxygen atoms in total. The molecule has 1 heterocycles. The third-order valence-corrected chi connectivity index (χ3v) is 1.58. The zero-order valence-electron chi connectivity index (χ0n) is 7.74. The van der Waals surface area contributed by atoms with Gasteiger partial charge in [0.05, 0.1) is 0 Å². The molecule has 1 rings (SSSR count). The molecule has 0 radical (unpaired) electrons. The van der Waals surface area contributed by atoms with Crippen LogP contribution in [0, 0.1) is 0 Å². The minimum absolute atomic E-state index is 1.98. The fourth-order valence-corrected chi connectivity index (χ4v) is 0.989. The van der Waals surface area contributed by atoms with Gasteiger partial charge in [0, 0.05) is 0 Å². The van der Waals surface area contributed by atoms with Gasteiger partial charge in [-0.3, -0.25) is 0 Å². The van der Waals surface area contributed by atoms with E-state index < -0.39 is 35.5 Å². The lowest BCUT2D eigenvalue weighted by Crippen LogP contribution is -2.26. The molecule has 0 aliphatic heterocycles. The van der Waals surface area contributed by atoms with E-state index in [0.717, 1.165) is 0 Å². The molecule has 0 saturated heterocycles. The van der Waals surface area contributed by atoms with E-state index in [2.05, 4.69) is 5.21 Å². The Labute approximate surface area is 91.6 Å². The molecular weight excluding hydrogens is 285 g/mol. The average Bonchev–Trinajstić information content (AvgIpc) is 2.12. The lowest BCUT2D eigenvalue weighted by molar-refractivity contribution is -0.179. The predicted octanol–water partition coefficient (Wildman–Crippen LogP) is 2.93. The van der Waals surface area contributed by atoms with Gasteiger partial charge in [0.15, 0.2) is 11.4 Å². The summed E-state index contributed by atoms with van der Waals surface area (Å²) in [6, 6.07) is 0. The van der Waals surface area contributed by atoms with Crippen molar-refractivity contribution >= 4 is 0 Å². The van der Waals surface area contributed by atoms with Crippen molar-refractivity contribution in [1.29, 1.82) is 0 Å². The molecular formula is C6F9N3. The fourth-order valence-electron chi connectivity index (χ4n) is 0.989. The van der Waals surface area contributed by atoms with Crippen LogP contribution in [0.3, 0.4) is 0 Å². The highest BCUT2D eigenvalue weighted by molar-refractivity contribution is 5.30. The Hall–Kier alpha value is -1.62. The second kappa shape index (κ2) is 3.95. The van der Waals surface area contributed by atoms with Gasteiger partial charge in [-0.2, -0.15) is 39.5 Å². The van der Waals surface area contributed by atoms with Crippen molar-refractivity contribution in [2.45, 2.75) is 18.5 Å². The molecule has 0 aromatic carbocycles. The van der Waals surface area contributed by atoms with E-state index in [-0.39, 0.29) is 0 Å². The summed E-state index contributed by atoms with van der Waals surface area (Å²) in [6.07, 6.45) is -17.4. The van der Waals surface area contributed by atoms with Crippen LogP contribution in [0.25, 0.3) is 0 Å². The first kappa shape index (κ1) is 14.4. The number of aromatic nitrogens is 3. The van der Waals surface area contributed by atoms with Crippen molar-refractivity contribution < 1.29 is 39.5 Å². The first-order valence-electron chi connectivity index (χ1n) is 3.80. The molecule has 0 aliphatic carbocycles. The number of rotatable bonds is 0. The van der Waals surface area contributed by atoms with Crippen molar-refractivity contribution in [2.75, 3.05) is 0 Å². The summed E-state index contributed by atoms with van der Waals surface area (Å²) in [6.45, 7) is 0. The second-order valence-electron chi connectivity index (χ2n) is 2.85. The van der Waals surface area contributed by atoms with Crippen LogP contribution in [-0.2, 0) is 18.5 Å². The van der Waals surface area contributed by atoms with E-state index in [1.807, 2.05) is 10.2 Å². The van der Waals surface area contributed by atoms with Crippen LogP contribution in [0.1, 0.15) is 17.0 Å². The highest BCUT2D eigenvalue weighted by Gasteiger charge is 2.53. The summed E-state index contributed by atoms with van der Waals surface area (Å²) in [4.78, 5) is 0. The van der Waals surface area contributed by atoms with E-state index >= 15 is 0 Å². The minimum atomic E-state index is -5.92. The molecule has 102 valence electrons. The van der Waals surface area contributed by atoms with E-state index in [4.69, 9.17) is 0 Å². The first-order valence-corrected chi connectivity index (χ1v) is 3.80. The Kier molecular flexibility index (Phi) is 3.17. The summed E-state index contributed by atoms with van der Waals surface area (Å²) in [5.74, 6) is 0. The first-order chi connectivity index (χ1) is 7.85. The van der Waals surface area contributed by atoms with E-state index in [1.54, 1.807) is 0 Å². The van der Waals surface area contributed by atoms with Gasteiger partial charge in [-0.25, -0.2) is 0 Å². The molecule has 0 fully saturated rings. The minimum Gasteiger partial charge on any atom is -0.166 e. The largest absolute Gasteiger partial charge is 0.435 e. The second-order valence-corrected chi connectivity index (χ2v) is 2.85. The summed E-state index contributed by atoms with van der Waals surface area (Å²) >= 11 is 0. The van der Waals surface area contributed by atoms with Crippen LogP contribution in [0.15, 0.2) is 0 Å². The monoisotopic (exact) mass is 285 g/mol. The maximum absolute atomic E-state index is 12.3. The van der Waals surface area contributed by atoms with Crippen LogP contribution >= 0.6 is 0 Å². The molecule has 0 unspecified atom stereocenters. The van der Waals surface area contributed by atoms with Crippen molar-refractivity contribution in [3.8, 4) is 0 Å². The van der Waals surface area contributed by atoms with Crippen molar-refractivity contribution in [3.05, 3.63) is 17.0 Å². The smallest absolute Gasteiger partial charge is 0.166 e. The normalized spacial score (nSPS) is 13.8. The van der Waals surface area contributed by atoms with Crippen molar-refractivity contribution in [1.82, 2.24) is 15.4 Å². The zero-order valence-corrected chi connectivity index (χ0v) is 7.74. The van der Waals surface area contributed by atoms with Gasteiger partial charge < -0.3 is 0 Å². The van der Waals surface area contributed by atoms with E-state index in [9.17, 15) is 39.5 Å². The third kappa shape index (κ3) is 2.79. The fraction of sp³-hybridized carbons (Fsp3) is 0.500. The van der Waals surface area contributed by atoms with Gasteiger partial charge >= 0.3 is 18.5 Å². The van der Waals surface area contributed by atoms with E-state index in [1.165, 1.54) is 0 Å². The van der Waals surface area contributed by atoms with Crippen LogP contribution in [-0.4, -0.2) is 15.4 Å². The number of nitrogens with zero attached hydrogens (tertiary/aromatic N) is 3. The Morgan fingerprint density at radius 1 is 0.556 bits per heavy atom. The maximum atomic E-state index is 12.3. The van der Waals surface area contributed by atoms with Gasteiger partial charge in [-0.05, 0) is 5.21 Å². The Balaban J connectivity index is 3.68. The van der Waals surface area contributed by atoms with E-state index in [0.29, 0.717) is 0 Å². The molecule has 12 heteroatoms. The standard InChI is InChI=1S/C6F9N3/c7-4(8,9)1-2(5(10,11)12)16-18-17-3(1)6(13,14)15. The molecule has 0 bridgehead atoms. The van der Waals surface area contributed by atoms with Crippen molar-refractivity contribution in [2.24, 2.45) is 0 Å². The van der Waals surface area contributed by atoms with Gasteiger partial charge in [0.2, 0.25) is 0 Å². The lowest BCUT2D eigenvalue weighted by atomic mass is 10.1. The summed E-state index contributed by atoms with van der Waals surface area (Å²) < 4.78 is 110. The van der Waals surface area contributed by atoms with Gasteiger partial charge in [-0.15, -0.1) is 10.2 Å². The molecule has 0 N–H and O–H groups in total. The highest BCUT2D eigenvalue weighted by atomic mass is 19.4. The van der Waals surface area contributed by atoms with Crippen LogP contribution in [0.5, 0.6) is 0 Å². The predicted molar refractivity (Wildman–Crippen MR) is 34.8 cm³/mol. The van der Waals surface area contributed by atoms with Gasteiger partial charge in [-0.1, -0.05) is 0 Å². The Morgan fingerprint density at radius 3 is 1.11 bits per heavy atom. The molecule has 0 atom stereocenters. The number of alkyl halides is 9. The average molecular weight is 285 g/mol. The maximum Gasteiger partial charge on any atom is 0.435 e. The van der Waals surface area contributed by atoms with Crippen LogP contribution < -0.4 is 0 Å². The number of hydrogen-bond acceptors (Lipinski definition) is 3. The summed E-state index contributed by atoms with van der Waals surface area (Å²) in [5, 5.41) is 6.02. The van der Waals surface area contributed by atoms with Gasteiger partial charge in [0.1, 0.15) is 5.56 Å². The Morgan fingerprint density at radius 2 is 0.889 bits per heavy atom. The van der Waals surface area contributed by atoms with Gasteiger partial charge in [0.25, 0.3) is 0 Å². The molecule has 1 aromatic heterocycles. The number of halogens is 9. The van der Waals surface area contributed by atoms with Crippen molar-refractivity contribution in [3.63, 3.8) is 0 Å². The highest BCUT2D eigenvalue weighted by Crippen LogP contribution is 2.44. The van der Waals surface area contributed by atoms with Crippen LogP contribution in [0.4, 0.5) is 39.5 Å². The quantitative estimate of drug-likeness (QED) is 0.688. The molecule has 18 heavy (non-hydrogen) atoms. The summed E-state index contributed by atoms with van der Waals surface area (Å²) in [7, 11) is 0. The topological polar surface area (TPSA) is 38.7 Å². The number of hydrogen-bond donors (Lipinski definition) is 0. The Bertz CT molecular complexity index is 411. The molecule has 0 aliphatic rings. The van der Waals surface area contributed by atoms with Crippen LogP contribution in [0.2, 0.25) is 0 Å². The molecule has 0 saturated carbocycles. The zero-order chi connectivity index (χ0) is 14.4. The summed E-state index contributed by atoms with van der Waals surface area (Å²) in [5.41, 5.74) is -8.56. The lowest BCUT2D eigenvalue weighted by Gasteiger charge is -2.17. The molecule has 0 amide bonds. The molecule has 0 spiro atoms.